The summed E-state index contributed by atoms with van der Waals surface area (Å²) in [6.07, 6.45) is 1.53. The van der Waals surface area contributed by atoms with Crippen molar-refractivity contribution in [1.82, 2.24) is 4.72 Å². The minimum absolute atomic E-state index is 0.00202. The van der Waals surface area contributed by atoms with Gasteiger partial charge >= 0.3 is 0 Å². The van der Waals surface area contributed by atoms with Crippen LogP contribution in [0.4, 0.5) is 0 Å². The van der Waals surface area contributed by atoms with Crippen LogP contribution in [0.15, 0.2) is 17.0 Å². The number of hydrogen-bond donors (Lipinski definition) is 1. The van der Waals surface area contributed by atoms with Crippen LogP contribution in [0, 0.1) is 6.92 Å². The smallest absolute Gasteiger partial charge is 0.240 e. The van der Waals surface area contributed by atoms with Crippen molar-refractivity contribution in [2.45, 2.75) is 24.0 Å². The summed E-state index contributed by atoms with van der Waals surface area (Å²) in [6, 6.07) is 2.69. The molecular weight excluding hydrogens is 329 g/mol. The average molecular weight is 344 g/mol. The fourth-order valence-electron chi connectivity index (χ4n) is 1.20. The molecule has 1 rings (SSSR count). The normalized spacial score (nSPS) is 15.2. The summed E-state index contributed by atoms with van der Waals surface area (Å²) in [4.78, 5) is 0.00202. The molecular formula is C11H15Cl2NO3S2. The molecule has 1 aromatic carbocycles. The Morgan fingerprint density at radius 1 is 1.32 bits per heavy atom. The highest BCUT2D eigenvalue weighted by Gasteiger charge is 2.18. The van der Waals surface area contributed by atoms with E-state index in [2.05, 4.69) is 4.72 Å². The van der Waals surface area contributed by atoms with Crippen molar-refractivity contribution in [1.29, 1.82) is 0 Å². The van der Waals surface area contributed by atoms with Crippen molar-refractivity contribution >= 4 is 44.0 Å². The van der Waals surface area contributed by atoms with E-state index in [1.54, 1.807) is 13.8 Å². The molecule has 0 spiro atoms. The second-order valence-electron chi connectivity index (χ2n) is 4.17. The first-order valence-electron chi connectivity index (χ1n) is 5.42. The van der Waals surface area contributed by atoms with Crippen LogP contribution in [0.3, 0.4) is 0 Å². The molecule has 4 nitrogen and oxygen atoms in total. The predicted molar refractivity (Wildman–Crippen MR) is 79.9 cm³/mol. The van der Waals surface area contributed by atoms with Gasteiger partial charge in [-0.05, 0) is 31.5 Å². The minimum Gasteiger partial charge on any atom is -0.260 e. The highest BCUT2D eigenvalue weighted by Crippen LogP contribution is 2.27. The van der Waals surface area contributed by atoms with Gasteiger partial charge in [-0.3, -0.25) is 4.21 Å². The summed E-state index contributed by atoms with van der Waals surface area (Å²) in [7, 11) is -4.80. The van der Waals surface area contributed by atoms with E-state index in [-0.39, 0.29) is 16.7 Å². The molecule has 108 valence electrons. The summed E-state index contributed by atoms with van der Waals surface area (Å²) >= 11 is 11.8. The van der Waals surface area contributed by atoms with Gasteiger partial charge in [-0.2, -0.15) is 0 Å². The molecule has 0 amide bonds. The molecule has 19 heavy (non-hydrogen) atoms. The van der Waals surface area contributed by atoms with Gasteiger partial charge < -0.3 is 0 Å². The number of hydrogen-bond acceptors (Lipinski definition) is 3. The first kappa shape index (κ1) is 16.9. The maximum absolute atomic E-state index is 12.0. The lowest BCUT2D eigenvalue weighted by atomic mass is 10.2. The number of halogens is 2. The summed E-state index contributed by atoms with van der Waals surface area (Å²) < 4.78 is 37.7. The summed E-state index contributed by atoms with van der Waals surface area (Å²) in [5.41, 5.74) is 0.630. The molecule has 0 aliphatic carbocycles. The largest absolute Gasteiger partial charge is 0.260 e. The zero-order valence-electron chi connectivity index (χ0n) is 10.7. The van der Waals surface area contributed by atoms with E-state index in [0.29, 0.717) is 15.6 Å². The fraction of sp³-hybridized carbons (Fsp3) is 0.455. The van der Waals surface area contributed by atoms with Crippen molar-refractivity contribution < 1.29 is 12.6 Å². The summed E-state index contributed by atoms with van der Waals surface area (Å²) in [6.45, 7) is 3.50. The lowest BCUT2D eigenvalue weighted by molar-refractivity contribution is 0.580. The Morgan fingerprint density at radius 3 is 2.21 bits per heavy atom. The van der Waals surface area contributed by atoms with Crippen LogP contribution in [0.2, 0.25) is 10.0 Å². The number of benzene rings is 1. The van der Waals surface area contributed by atoms with Gasteiger partial charge in [0.2, 0.25) is 10.0 Å². The number of nitrogens with one attached hydrogen (secondary N) is 1. The summed E-state index contributed by atoms with van der Waals surface area (Å²) in [5.74, 6) is 0. The highest BCUT2D eigenvalue weighted by atomic mass is 35.5. The van der Waals surface area contributed by atoms with E-state index in [1.165, 1.54) is 18.4 Å². The third kappa shape index (κ3) is 4.43. The SMILES string of the molecule is Cc1c(Cl)cc(S(=O)(=O)NC[C@H](C)[S@@](C)=O)cc1Cl. The molecule has 0 aliphatic rings. The number of sulfonamides is 1. The topological polar surface area (TPSA) is 63.2 Å². The Bertz CT molecular complexity index is 579. The van der Waals surface area contributed by atoms with Gasteiger partial charge in [0.05, 0.1) is 4.90 Å². The third-order valence-corrected chi connectivity index (χ3v) is 6.18. The average Bonchev–Trinajstić information content (AvgIpc) is 2.32. The molecule has 0 unspecified atom stereocenters. The first-order chi connectivity index (χ1) is 8.65. The highest BCUT2D eigenvalue weighted by molar-refractivity contribution is 7.89. The Morgan fingerprint density at radius 2 is 1.79 bits per heavy atom. The van der Waals surface area contributed by atoms with Crippen molar-refractivity contribution in [3.8, 4) is 0 Å². The van der Waals surface area contributed by atoms with Crippen LogP contribution < -0.4 is 4.72 Å². The predicted octanol–water partition coefficient (Wildman–Crippen LogP) is 2.35. The minimum atomic E-state index is -3.70. The van der Waals surface area contributed by atoms with Crippen molar-refractivity contribution in [3.63, 3.8) is 0 Å². The van der Waals surface area contributed by atoms with Crippen molar-refractivity contribution in [2.24, 2.45) is 0 Å². The molecule has 0 fully saturated rings. The molecule has 0 bridgehead atoms. The van der Waals surface area contributed by atoms with Gasteiger partial charge in [-0.1, -0.05) is 23.2 Å². The fourth-order valence-corrected chi connectivity index (χ4v) is 3.43. The van der Waals surface area contributed by atoms with Gasteiger partial charge in [0.25, 0.3) is 0 Å². The molecule has 1 aromatic rings. The Labute approximate surface area is 126 Å². The zero-order chi connectivity index (χ0) is 14.8. The van der Waals surface area contributed by atoms with Crippen LogP contribution >= 0.6 is 23.2 Å². The standard InChI is InChI=1S/C11H15Cl2NO3S2/c1-7(18(3)15)6-14-19(16,17)9-4-10(12)8(2)11(13)5-9/h4-5,7,14H,6H2,1-3H3/t7-,18+/m0/s1. The third-order valence-electron chi connectivity index (χ3n) is 2.69. The monoisotopic (exact) mass is 343 g/mol. The Kier molecular flexibility index (Phi) is 5.82. The van der Waals surface area contributed by atoms with E-state index < -0.39 is 20.8 Å². The van der Waals surface area contributed by atoms with Crippen LogP contribution in [-0.4, -0.2) is 30.7 Å². The van der Waals surface area contributed by atoms with Gasteiger partial charge in [-0.25, -0.2) is 13.1 Å². The van der Waals surface area contributed by atoms with Crippen LogP contribution in [0.1, 0.15) is 12.5 Å². The lowest BCUT2D eigenvalue weighted by Crippen LogP contribution is -2.32. The number of rotatable bonds is 5. The van der Waals surface area contributed by atoms with Crippen molar-refractivity contribution in [2.75, 3.05) is 12.8 Å². The summed E-state index contributed by atoms with van der Waals surface area (Å²) in [5, 5.41) is 0.311. The van der Waals surface area contributed by atoms with E-state index in [1.807, 2.05) is 0 Å². The molecule has 0 aromatic heterocycles. The molecule has 2 atom stereocenters. The molecule has 0 saturated carbocycles. The van der Waals surface area contributed by atoms with Gasteiger partial charge in [0.1, 0.15) is 0 Å². The van der Waals surface area contributed by atoms with E-state index >= 15 is 0 Å². The van der Waals surface area contributed by atoms with Crippen molar-refractivity contribution in [3.05, 3.63) is 27.7 Å². The second kappa shape index (κ2) is 6.54. The Balaban J connectivity index is 2.98. The van der Waals surface area contributed by atoms with E-state index in [4.69, 9.17) is 23.2 Å². The van der Waals surface area contributed by atoms with Crippen LogP contribution in [0.5, 0.6) is 0 Å². The van der Waals surface area contributed by atoms with Crippen LogP contribution in [0.25, 0.3) is 0 Å². The maximum Gasteiger partial charge on any atom is 0.240 e. The molecule has 0 saturated heterocycles. The van der Waals surface area contributed by atoms with Crippen LogP contribution in [-0.2, 0) is 20.8 Å². The van der Waals surface area contributed by atoms with Gasteiger partial charge in [-0.15, -0.1) is 0 Å². The van der Waals surface area contributed by atoms with E-state index in [0.717, 1.165) is 0 Å². The lowest BCUT2D eigenvalue weighted by Gasteiger charge is -2.12. The molecule has 0 heterocycles. The molecule has 0 radical (unpaired) electrons. The quantitative estimate of drug-likeness (QED) is 0.892. The first-order valence-corrected chi connectivity index (χ1v) is 9.28. The zero-order valence-corrected chi connectivity index (χ0v) is 13.9. The van der Waals surface area contributed by atoms with Gasteiger partial charge in [0, 0.05) is 38.9 Å². The van der Waals surface area contributed by atoms with E-state index in [9.17, 15) is 12.6 Å². The maximum atomic E-state index is 12.0. The second-order valence-corrected chi connectivity index (χ2v) is 8.56. The Hall–Kier alpha value is -0.140. The molecule has 8 heteroatoms. The molecule has 0 aliphatic heterocycles. The molecule has 1 N–H and O–H groups in total. The van der Waals surface area contributed by atoms with Gasteiger partial charge in [0.15, 0.2) is 0 Å².